The highest BCUT2D eigenvalue weighted by Crippen LogP contribution is 2.31. The van der Waals surface area contributed by atoms with Gasteiger partial charge in [-0.1, -0.05) is 29.8 Å². The third-order valence-electron chi connectivity index (χ3n) is 3.38. The Kier molecular flexibility index (Phi) is 3.18. The first kappa shape index (κ1) is 12.7. The predicted octanol–water partition coefficient (Wildman–Crippen LogP) is 3.90. The molecule has 1 saturated carbocycles. The number of benzene rings is 2. The van der Waals surface area contributed by atoms with Crippen molar-refractivity contribution in [3.05, 3.63) is 53.6 Å². The fourth-order valence-electron chi connectivity index (χ4n) is 2.20. The van der Waals surface area contributed by atoms with Crippen molar-refractivity contribution < 1.29 is 14.6 Å². The van der Waals surface area contributed by atoms with Crippen molar-refractivity contribution in [1.82, 2.24) is 0 Å². The van der Waals surface area contributed by atoms with Gasteiger partial charge in [0.15, 0.2) is 0 Å². The van der Waals surface area contributed by atoms with Gasteiger partial charge in [0.05, 0.1) is 11.7 Å². The van der Waals surface area contributed by atoms with Gasteiger partial charge in [0.1, 0.15) is 5.75 Å². The van der Waals surface area contributed by atoms with Crippen molar-refractivity contribution in [2.24, 2.45) is 0 Å². The van der Waals surface area contributed by atoms with Gasteiger partial charge in [-0.3, -0.25) is 0 Å². The van der Waals surface area contributed by atoms with Crippen LogP contribution in [0.5, 0.6) is 5.75 Å². The molecule has 0 aliphatic heterocycles. The average Bonchev–Trinajstić information content (AvgIpc) is 3.23. The Morgan fingerprint density at radius 1 is 1.20 bits per heavy atom. The molecule has 2 aromatic rings. The number of carboxylic acid groups (broad SMARTS) is 1. The van der Waals surface area contributed by atoms with Crippen LogP contribution in [0.15, 0.2) is 42.5 Å². The van der Waals surface area contributed by atoms with Gasteiger partial charge in [0, 0.05) is 0 Å². The van der Waals surface area contributed by atoms with Crippen LogP contribution >= 0.6 is 0 Å². The molecule has 102 valence electrons. The van der Waals surface area contributed by atoms with Gasteiger partial charge in [-0.05, 0) is 49.1 Å². The molecule has 1 fully saturated rings. The summed E-state index contributed by atoms with van der Waals surface area (Å²) in [4.78, 5) is 11.4. The molecule has 0 atom stereocenters. The summed E-state index contributed by atoms with van der Waals surface area (Å²) in [6, 6.07) is 13.1. The minimum absolute atomic E-state index is 0.327. The van der Waals surface area contributed by atoms with Crippen LogP contribution in [0.2, 0.25) is 0 Å². The molecule has 1 N–H and O–H groups in total. The number of ether oxygens (including phenoxy) is 1. The van der Waals surface area contributed by atoms with Crippen LogP contribution in [0.4, 0.5) is 0 Å². The van der Waals surface area contributed by atoms with Crippen molar-refractivity contribution in [2.45, 2.75) is 25.9 Å². The number of carboxylic acids is 1. The first-order valence-corrected chi connectivity index (χ1v) is 6.74. The van der Waals surface area contributed by atoms with Gasteiger partial charge in [-0.25, -0.2) is 4.79 Å². The highest BCUT2D eigenvalue weighted by atomic mass is 16.5. The summed E-state index contributed by atoms with van der Waals surface area (Å²) < 4.78 is 5.76. The lowest BCUT2D eigenvalue weighted by Gasteiger charge is -2.10. The lowest BCUT2D eigenvalue weighted by atomic mass is 9.98. The molecule has 0 amide bonds. The molecular formula is C17H16O3. The van der Waals surface area contributed by atoms with Gasteiger partial charge in [-0.15, -0.1) is 0 Å². The van der Waals surface area contributed by atoms with Crippen LogP contribution in [-0.2, 0) is 0 Å². The Bertz CT molecular complexity index is 657. The molecule has 0 heterocycles. The van der Waals surface area contributed by atoms with Gasteiger partial charge < -0.3 is 9.84 Å². The van der Waals surface area contributed by atoms with Gasteiger partial charge >= 0.3 is 5.97 Å². The summed E-state index contributed by atoms with van der Waals surface area (Å²) in [5.41, 5.74) is 2.87. The second kappa shape index (κ2) is 5.00. The number of rotatable bonds is 4. The molecule has 20 heavy (non-hydrogen) atoms. The van der Waals surface area contributed by atoms with Crippen LogP contribution in [0, 0.1) is 6.92 Å². The largest absolute Gasteiger partial charge is 0.490 e. The highest BCUT2D eigenvalue weighted by molar-refractivity contribution is 5.96. The molecule has 0 unspecified atom stereocenters. The molecule has 0 aromatic heterocycles. The maximum Gasteiger partial charge on any atom is 0.336 e. The summed E-state index contributed by atoms with van der Waals surface area (Å²) in [7, 11) is 0. The molecule has 1 aliphatic carbocycles. The van der Waals surface area contributed by atoms with Crippen LogP contribution < -0.4 is 4.74 Å². The quantitative estimate of drug-likeness (QED) is 0.914. The minimum atomic E-state index is -0.905. The Morgan fingerprint density at radius 3 is 2.70 bits per heavy atom. The summed E-state index contributed by atoms with van der Waals surface area (Å²) in [5, 5.41) is 9.34. The average molecular weight is 268 g/mol. The van der Waals surface area contributed by atoms with E-state index in [0.717, 1.165) is 35.3 Å². The van der Waals surface area contributed by atoms with E-state index < -0.39 is 5.97 Å². The van der Waals surface area contributed by atoms with E-state index in [-0.39, 0.29) is 0 Å². The number of aryl methyl sites for hydroxylation is 1. The third-order valence-corrected chi connectivity index (χ3v) is 3.38. The maximum absolute atomic E-state index is 11.4. The Balaban J connectivity index is 2.01. The monoisotopic (exact) mass is 268 g/mol. The first-order chi connectivity index (χ1) is 9.63. The summed E-state index contributed by atoms with van der Waals surface area (Å²) in [5.74, 6) is -0.0980. The third kappa shape index (κ3) is 2.67. The molecule has 1 aliphatic rings. The second-order valence-corrected chi connectivity index (χ2v) is 5.20. The van der Waals surface area contributed by atoms with Crippen molar-refractivity contribution in [2.75, 3.05) is 0 Å². The van der Waals surface area contributed by atoms with Gasteiger partial charge in [0.25, 0.3) is 0 Å². The van der Waals surface area contributed by atoms with E-state index in [2.05, 4.69) is 0 Å². The van der Waals surface area contributed by atoms with E-state index in [1.807, 2.05) is 43.3 Å². The van der Waals surface area contributed by atoms with Gasteiger partial charge in [0.2, 0.25) is 0 Å². The van der Waals surface area contributed by atoms with Crippen LogP contribution in [0.1, 0.15) is 28.8 Å². The zero-order valence-electron chi connectivity index (χ0n) is 11.3. The molecule has 2 aromatic carbocycles. The molecule has 0 saturated heterocycles. The Hall–Kier alpha value is -2.29. The van der Waals surface area contributed by atoms with Crippen LogP contribution in [0.3, 0.4) is 0 Å². The van der Waals surface area contributed by atoms with Crippen molar-refractivity contribution in [3.8, 4) is 16.9 Å². The van der Waals surface area contributed by atoms with E-state index in [9.17, 15) is 9.90 Å². The summed E-state index contributed by atoms with van der Waals surface area (Å²) >= 11 is 0. The fraction of sp³-hybridized carbons (Fsp3) is 0.235. The molecule has 0 bridgehead atoms. The zero-order valence-corrected chi connectivity index (χ0v) is 11.3. The lowest BCUT2D eigenvalue weighted by Crippen LogP contribution is -2.01. The number of hydrogen-bond acceptors (Lipinski definition) is 2. The van der Waals surface area contributed by atoms with E-state index >= 15 is 0 Å². The van der Waals surface area contributed by atoms with E-state index in [0.29, 0.717) is 11.7 Å². The number of carbonyl (C=O) groups is 1. The standard InChI is InChI=1S/C17H16O3/c1-11-5-8-15(16(9-11)17(18)19)12-3-2-4-14(10-12)20-13-6-7-13/h2-5,8-10,13H,6-7H2,1H3,(H,18,19). The molecule has 0 spiro atoms. The van der Waals surface area contributed by atoms with Crippen molar-refractivity contribution >= 4 is 5.97 Å². The summed E-state index contributed by atoms with van der Waals surface area (Å²) in [6.07, 6.45) is 2.55. The normalized spacial score (nSPS) is 14.1. The molecule has 3 heteroatoms. The Labute approximate surface area is 117 Å². The number of aromatic carboxylic acids is 1. The smallest absolute Gasteiger partial charge is 0.336 e. The van der Waals surface area contributed by atoms with Gasteiger partial charge in [-0.2, -0.15) is 0 Å². The first-order valence-electron chi connectivity index (χ1n) is 6.74. The fourth-order valence-corrected chi connectivity index (χ4v) is 2.20. The number of hydrogen-bond donors (Lipinski definition) is 1. The van der Waals surface area contributed by atoms with Crippen molar-refractivity contribution in [1.29, 1.82) is 0 Å². The maximum atomic E-state index is 11.4. The molecule has 3 rings (SSSR count). The zero-order chi connectivity index (χ0) is 14.1. The molecule has 3 nitrogen and oxygen atoms in total. The van der Waals surface area contributed by atoms with Crippen LogP contribution in [0.25, 0.3) is 11.1 Å². The SMILES string of the molecule is Cc1ccc(-c2cccc(OC3CC3)c2)c(C(=O)O)c1. The molecular weight excluding hydrogens is 252 g/mol. The highest BCUT2D eigenvalue weighted by Gasteiger charge is 2.23. The molecule has 0 radical (unpaired) electrons. The van der Waals surface area contributed by atoms with E-state index in [1.165, 1.54) is 0 Å². The second-order valence-electron chi connectivity index (χ2n) is 5.20. The topological polar surface area (TPSA) is 46.5 Å². The van der Waals surface area contributed by atoms with E-state index in [1.54, 1.807) is 6.07 Å². The van der Waals surface area contributed by atoms with Crippen molar-refractivity contribution in [3.63, 3.8) is 0 Å². The summed E-state index contributed by atoms with van der Waals surface area (Å²) in [6.45, 7) is 1.89. The lowest BCUT2D eigenvalue weighted by molar-refractivity contribution is 0.0697. The Morgan fingerprint density at radius 2 is 2.00 bits per heavy atom. The predicted molar refractivity (Wildman–Crippen MR) is 77.2 cm³/mol. The van der Waals surface area contributed by atoms with Crippen LogP contribution in [-0.4, -0.2) is 17.2 Å². The van der Waals surface area contributed by atoms with E-state index in [4.69, 9.17) is 4.74 Å². The minimum Gasteiger partial charge on any atom is -0.490 e.